The summed E-state index contributed by atoms with van der Waals surface area (Å²) in [6, 6.07) is 6.50. The number of hydrogen-bond acceptors (Lipinski definition) is 3. The van der Waals surface area contributed by atoms with Crippen molar-refractivity contribution in [1.82, 2.24) is 20.4 Å². The molecule has 3 aromatic rings. The van der Waals surface area contributed by atoms with E-state index in [1.54, 1.807) is 16.9 Å². The van der Waals surface area contributed by atoms with Crippen molar-refractivity contribution in [2.45, 2.75) is 26.9 Å². The molecule has 1 aromatic carbocycles. The molecule has 0 aliphatic heterocycles. The fourth-order valence-corrected chi connectivity index (χ4v) is 2.63. The summed E-state index contributed by atoms with van der Waals surface area (Å²) in [7, 11) is 1.89. The van der Waals surface area contributed by atoms with Crippen LogP contribution in [0.2, 0.25) is 0 Å². The number of aryl methyl sites for hydroxylation is 2. The molecule has 3 rings (SSSR count). The third kappa shape index (κ3) is 3.81. The van der Waals surface area contributed by atoms with E-state index >= 15 is 0 Å². The second kappa shape index (κ2) is 7.38. The summed E-state index contributed by atoms with van der Waals surface area (Å²) >= 11 is 0. The van der Waals surface area contributed by atoms with Crippen LogP contribution in [0.3, 0.4) is 0 Å². The van der Waals surface area contributed by atoms with Crippen molar-refractivity contribution in [3.63, 3.8) is 0 Å². The molecule has 2 aromatic heterocycles. The minimum Gasteiger partial charge on any atom is -0.459 e. The van der Waals surface area contributed by atoms with Gasteiger partial charge in [-0.05, 0) is 38.1 Å². The highest BCUT2D eigenvalue weighted by molar-refractivity contribution is 5.83. The first kappa shape index (κ1) is 17.0. The molecule has 0 atom stereocenters. The maximum Gasteiger partial charge on any atom is 0.192 e. The zero-order chi connectivity index (χ0) is 17.8. The molecule has 0 radical (unpaired) electrons. The molecule has 0 unspecified atom stereocenters. The molecule has 0 fully saturated rings. The molecule has 6 nitrogen and oxygen atoms in total. The van der Waals surface area contributed by atoms with E-state index in [9.17, 15) is 4.39 Å². The number of halogens is 1. The van der Waals surface area contributed by atoms with Gasteiger partial charge in [0, 0.05) is 30.7 Å². The van der Waals surface area contributed by atoms with E-state index < -0.39 is 0 Å². The van der Waals surface area contributed by atoms with Gasteiger partial charge in [-0.25, -0.2) is 9.38 Å². The van der Waals surface area contributed by atoms with Crippen LogP contribution in [-0.4, -0.2) is 22.3 Å². The van der Waals surface area contributed by atoms with Crippen LogP contribution in [0.4, 0.5) is 4.39 Å². The van der Waals surface area contributed by atoms with Gasteiger partial charge in [0.2, 0.25) is 0 Å². The first-order valence-corrected chi connectivity index (χ1v) is 8.25. The van der Waals surface area contributed by atoms with Gasteiger partial charge in [-0.15, -0.1) is 0 Å². The number of nitrogens with zero attached hydrogens (tertiary/aromatic N) is 3. The molecule has 0 aliphatic rings. The Kier molecular flexibility index (Phi) is 5.02. The van der Waals surface area contributed by atoms with Gasteiger partial charge in [-0.1, -0.05) is 0 Å². The van der Waals surface area contributed by atoms with Crippen LogP contribution >= 0.6 is 0 Å². The molecule has 0 amide bonds. The van der Waals surface area contributed by atoms with Crippen LogP contribution in [0.1, 0.15) is 23.9 Å². The van der Waals surface area contributed by atoms with Crippen molar-refractivity contribution < 1.29 is 8.81 Å². The van der Waals surface area contributed by atoms with Crippen molar-refractivity contribution in [3.8, 4) is 0 Å². The topological polar surface area (TPSA) is 67.4 Å². The molecule has 2 heterocycles. The quantitative estimate of drug-likeness (QED) is 0.552. The number of rotatable bonds is 5. The molecule has 0 aliphatic carbocycles. The van der Waals surface area contributed by atoms with E-state index in [-0.39, 0.29) is 5.82 Å². The Bertz CT molecular complexity index is 896. The maximum atomic E-state index is 13.4. The summed E-state index contributed by atoms with van der Waals surface area (Å²) in [6.45, 7) is 5.69. The molecule has 0 saturated carbocycles. The predicted molar refractivity (Wildman–Crippen MR) is 95.8 cm³/mol. The number of fused-ring (bicyclic) bond motifs is 1. The summed E-state index contributed by atoms with van der Waals surface area (Å²) in [5.41, 5.74) is 2.64. The van der Waals surface area contributed by atoms with E-state index in [1.165, 1.54) is 12.1 Å². The van der Waals surface area contributed by atoms with E-state index in [4.69, 9.17) is 4.42 Å². The van der Waals surface area contributed by atoms with E-state index in [0.29, 0.717) is 24.6 Å². The molecular weight excluding hydrogens is 321 g/mol. The van der Waals surface area contributed by atoms with Gasteiger partial charge in [0.25, 0.3) is 0 Å². The summed E-state index contributed by atoms with van der Waals surface area (Å²) in [5.74, 6) is 1.20. The van der Waals surface area contributed by atoms with E-state index in [0.717, 1.165) is 28.9 Å². The number of aliphatic imine (C=N–C) groups is 1. The fraction of sp³-hybridized carbons (Fsp3) is 0.333. The highest BCUT2D eigenvalue weighted by Crippen LogP contribution is 2.25. The van der Waals surface area contributed by atoms with E-state index in [1.807, 2.05) is 27.0 Å². The normalized spacial score (nSPS) is 11.9. The van der Waals surface area contributed by atoms with Crippen LogP contribution in [0.15, 0.2) is 39.9 Å². The third-order valence-electron chi connectivity index (χ3n) is 4.08. The monoisotopic (exact) mass is 343 g/mol. The van der Waals surface area contributed by atoms with Crippen LogP contribution in [0, 0.1) is 12.7 Å². The highest BCUT2D eigenvalue weighted by Gasteiger charge is 2.11. The molecule has 2 N–H and O–H groups in total. The zero-order valence-corrected chi connectivity index (χ0v) is 14.6. The number of benzene rings is 1. The van der Waals surface area contributed by atoms with Crippen molar-refractivity contribution in [2.75, 3.05) is 6.54 Å². The smallest absolute Gasteiger partial charge is 0.192 e. The molecule has 0 saturated heterocycles. The van der Waals surface area contributed by atoms with Gasteiger partial charge in [0.1, 0.15) is 17.2 Å². The van der Waals surface area contributed by atoms with Gasteiger partial charge in [-0.3, -0.25) is 4.68 Å². The summed E-state index contributed by atoms with van der Waals surface area (Å²) in [6.07, 6.45) is 1.75. The Morgan fingerprint density at radius 2 is 2.16 bits per heavy atom. The minimum absolute atomic E-state index is 0.262. The van der Waals surface area contributed by atoms with Gasteiger partial charge >= 0.3 is 0 Å². The number of furan rings is 1. The Labute approximate surface area is 145 Å². The fourth-order valence-electron chi connectivity index (χ4n) is 2.63. The van der Waals surface area contributed by atoms with Gasteiger partial charge in [0.05, 0.1) is 18.8 Å². The Morgan fingerprint density at radius 1 is 1.32 bits per heavy atom. The van der Waals surface area contributed by atoms with Crippen LogP contribution in [0.25, 0.3) is 11.0 Å². The minimum atomic E-state index is -0.262. The Morgan fingerprint density at radius 3 is 2.88 bits per heavy atom. The van der Waals surface area contributed by atoms with Gasteiger partial charge in [0.15, 0.2) is 5.96 Å². The van der Waals surface area contributed by atoms with Crippen molar-refractivity contribution in [2.24, 2.45) is 12.0 Å². The third-order valence-corrected chi connectivity index (χ3v) is 4.08. The molecule has 0 bridgehead atoms. The average Bonchev–Trinajstić information content (AvgIpc) is 3.14. The average molecular weight is 343 g/mol. The van der Waals surface area contributed by atoms with Crippen LogP contribution in [-0.2, 0) is 20.1 Å². The first-order valence-electron chi connectivity index (χ1n) is 8.25. The van der Waals surface area contributed by atoms with E-state index in [2.05, 4.69) is 20.7 Å². The standard InChI is InChI=1S/C18H22FN5O/c1-4-20-18(21-10-14-7-8-23-24(14)3)22-11-17-12(2)15-9-13(19)5-6-16(15)25-17/h5-9H,4,10-11H2,1-3H3,(H2,20,21,22). The number of nitrogens with one attached hydrogen (secondary N) is 2. The molecule has 25 heavy (non-hydrogen) atoms. The molecule has 7 heteroatoms. The van der Waals surface area contributed by atoms with Crippen molar-refractivity contribution >= 4 is 16.9 Å². The molecule has 132 valence electrons. The first-order chi connectivity index (χ1) is 12.1. The lowest BCUT2D eigenvalue weighted by Gasteiger charge is -2.10. The SMILES string of the molecule is CCNC(=NCc1ccnn1C)NCc1oc2ccc(F)cc2c1C. The second-order valence-corrected chi connectivity index (χ2v) is 5.79. The summed E-state index contributed by atoms with van der Waals surface area (Å²) in [5, 5.41) is 11.4. The summed E-state index contributed by atoms with van der Waals surface area (Å²) < 4.78 is 21.0. The lowest BCUT2D eigenvalue weighted by molar-refractivity contribution is 0.534. The number of hydrogen-bond donors (Lipinski definition) is 2. The number of guanidine groups is 1. The maximum absolute atomic E-state index is 13.4. The largest absolute Gasteiger partial charge is 0.459 e. The lowest BCUT2D eigenvalue weighted by Crippen LogP contribution is -2.36. The highest BCUT2D eigenvalue weighted by atomic mass is 19.1. The lowest BCUT2D eigenvalue weighted by atomic mass is 10.1. The molecule has 0 spiro atoms. The van der Waals surface area contributed by atoms with Gasteiger partial charge in [-0.2, -0.15) is 5.10 Å². The predicted octanol–water partition coefficient (Wildman–Crippen LogP) is 2.87. The van der Waals surface area contributed by atoms with Crippen LogP contribution in [0.5, 0.6) is 0 Å². The Balaban J connectivity index is 1.73. The van der Waals surface area contributed by atoms with Crippen molar-refractivity contribution in [1.29, 1.82) is 0 Å². The van der Waals surface area contributed by atoms with Gasteiger partial charge < -0.3 is 15.1 Å². The summed E-state index contributed by atoms with van der Waals surface area (Å²) in [4.78, 5) is 4.56. The molecular formula is C18H22FN5O. The van der Waals surface area contributed by atoms with Crippen LogP contribution < -0.4 is 10.6 Å². The Hall–Kier alpha value is -2.83. The van der Waals surface area contributed by atoms with Crippen molar-refractivity contribution in [3.05, 3.63) is 53.3 Å². The number of aromatic nitrogens is 2. The second-order valence-electron chi connectivity index (χ2n) is 5.79. The zero-order valence-electron chi connectivity index (χ0n) is 14.6.